The molecule has 1 aliphatic heterocycles. The summed E-state index contributed by atoms with van der Waals surface area (Å²) < 4.78 is 1.87. The Morgan fingerprint density at radius 2 is 2.10 bits per heavy atom. The van der Waals surface area contributed by atoms with Crippen molar-refractivity contribution in [2.45, 2.75) is 18.9 Å². The van der Waals surface area contributed by atoms with Gasteiger partial charge in [0.05, 0.1) is 6.20 Å². The van der Waals surface area contributed by atoms with E-state index in [1.54, 1.807) is 0 Å². The number of nitrogens with two attached hydrogens (primary N) is 1. The van der Waals surface area contributed by atoms with Crippen molar-refractivity contribution in [3.63, 3.8) is 0 Å². The zero-order valence-electron chi connectivity index (χ0n) is 12.4. The summed E-state index contributed by atoms with van der Waals surface area (Å²) in [5.74, 6) is 0.381. The first-order valence-corrected chi connectivity index (χ1v) is 7.09. The number of fused-ring (bicyclic) bond motifs is 1. The summed E-state index contributed by atoms with van der Waals surface area (Å²) in [4.78, 5) is 2.36. The molecule has 0 aliphatic carbocycles. The van der Waals surface area contributed by atoms with Crippen molar-refractivity contribution in [2.75, 3.05) is 20.1 Å². The maximum atomic E-state index is 5.98. The molecule has 1 aromatic heterocycles. The smallest absolute Gasteiger partial charge is 0.0528 e. The lowest BCUT2D eigenvalue weighted by atomic mass is 9.82. The predicted octanol–water partition coefficient (Wildman–Crippen LogP) is 1.81. The minimum absolute atomic E-state index is 0.318. The summed E-state index contributed by atoms with van der Waals surface area (Å²) >= 11 is 0. The number of likely N-dealkylation sites (N-methyl/N-ethyl adjacent to an activating group) is 1. The molecule has 2 N–H and O–H groups in total. The quantitative estimate of drug-likeness (QED) is 0.905. The monoisotopic (exact) mass is 270 g/mol. The molecule has 20 heavy (non-hydrogen) atoms. The van der Waals surface area contributed by atoms with Gasteiger partial charge in [0.2, 0.25) is 0 Å². The van der Waals surface area contributed by atoms with Crippen LogP contribution in [0.5, 0.6) is 0 Å². The molecule has 0 amide bonds. The third kappa shape index (κ3) is 2.15. The largest absolute Gasteiger partial charge is 0.329 e. The first-order valence-electron chi connectivity index (χ1n) is 7.09. The van der Waals surface area contributed by atoms with Crippen LogP contribution in [0.15, 0.2) is 30.6 Å². The molecular weight excluding hydrogens is 248 g/mol. The van der Waals surface area contributed by atoms with Crippen molar-refractivity contribution in [3.05, 3.63) is 52.8 Å². The molecule has 1 aromatic carbocycles. The fourth-order valence-electron chi connectivity index (χ4n) is 3.26. The molecule has 2 unspecified atom stereocenters. The van der Waals surface area contributed by atoms with Gasteiger partial charge < -0.3 is 5.73 Å². The van der Waals surface area contributed by atoms with E-state index in [1.165, 1.54) is 22.3 Å². The summed E-state index contributed by atoms with van der Waals surface area (Å²) in [5, 5.41) is 4.32. The minimum atomic E-state index is 0.318. The van der Waals surface area contributed by atoms with Crippen LogP contribution in [0.2, 0.25) is 0 Å². The lowest BCUT2D eigenvalue weighted by Gasteiger charge is -2.38. The number of benzene rings is 1. The average molecular weight is 270 g/mol. The van der Waals surface area contributed by atoms with Gasteiger partial charge in [0, 0.05) is 38.3 Å². The number of aromatic nitrogens is 2. The van der Waals surface area contributed by atoms with Crippen LogP contribution in [-0.2, 0) is 7.05 Å². The highest BCUT2D eigenvalue weighted by molar-refractivity contribution is 5.43. The van der Waals surface area contributed by atoms with Crippen molar-refractivity contribution >= 4 is 0 Å². The molecule has 0 radical (unpaired) electrons. The van der Waals surface area contributed by atoms with Gasteiger partial charge in [-0.1, -0.05) is 23.8 Å². The van der Waals surface area contributed by atoms with Crippen LogP contribution in [-0.4, -0.2) is 34.8 Å². The summed E-state index contributed by atoms with van der Waals surface area (Å²) in [6.07, 6.45) is 4.10. The van der Waals surface area contributed by atoms with Gasteiger partial charge in [-0.3, -0.25) is 9.58 Å². The molecule has 2 heterocycles. The standard InChI is InChI=1S/C16H22N4/c1-11-4-5-13-14(6-11)15(10-19(2)16(13)7-17)12-8-18-20(3)9-12/h4-6,8-9,15-16H,7,10,17H2,1-3H3. The topological polar surface area (TPSA) is 47.1 Å². The Kier molecular flexibility index (Phi) is 3.36. The molecule has 0 bridgehead atoms. The molecule has 2 aromatic rings. The lowest BCUT2D eigenvalue weighted by molar-refractivity contribution is 0.223. The third-order valence-corrected chi connectivity index (χ3v) is 4.33. The van der Waals surface area contributed by atoms with Crippen LogP contribution in [0, 0.1) is 6.92 Å². The first kappa shape index (κ1) is 13.3. The Balaban J connectivity index is 2.11. The maximum Gasteiger partial charge on any atom is 0.0528 e. The van der Waals surface area contributed by atoms with Crippen molar-refractivity contribution in [2.24, 2.45) is 12.8 Å². The summed E-state index contributed by atoms with van der Waals surface area (Å²) in [5.41, 5.74) is 11.3. The van der Waals surface area contributed by atoms with Crippen LogP contribution in [0.25, 0.3) is 0 Å². The second-order valence-corrected chi connectivity index (χ2v) is 5.82. The van der Waals surface area contributed by atoms with E-state index in [9.17, 15) is 0 Å². The molecule has 0 saturated heterocycles. The molecule has 0 fully saturated rings. The van der Waals surface area contributed by atoms with Crippen LogP contribution >= 0.6 is 0 Å². The van der Waals surface area contributed by atoms with Gasteiger partial charge in [-0.2, -0.15) is 5.10 Å². The van der Waals surface area contributed by atoms with Gasteiger partial charge in [0.25, 0.3) is 0 Å². The van der Waals surface area contributed by atoms with E-state index in [-0.39, 0.29) is 0 Å². The highest BCUT2D eigenvalue weighted by Gasteiger charge is 2.31. The van der Waals surface area contributed by atoms with E-state index in [1.807, 2.05) is 17.9 Å². The van der Waals surface area contributed by atoms with Crippen LogP contribution < -0.4 is 5.73 Å². The fourth-order valence-corrected chi connectivity index (χ4v) is 3.26. The summed E-state index contributed by atoms with van der Waals surface area (Å²) in [7, 11) is 4.12. The third-order valence-electron chi connectivity index (χ3n) is 4.33. The van der Waals surface area contributed by atoms with E-state index >= 15 is 0 Å². The van der Waals surface area contributed by atoms with Crippen molar-refractivity contribution in [3.8, 4) is 0 Å². The van der Waals surface area contributed by atoms with Crippen molar-refractivity contribution < 1.29 is 0 Å². The first-order chi connectivity index (χ1) is 9.60. The maximum absolute atomic E-state index is 5.98. The normalized spacial score (nSPS) is 22.8. The van der Waals surface area contributed by atoms with Crippen LogP contribution in [0.3, 0.4) is 0 Å². The average Bonchev–Trinajstić information content (AvgIpc) is 2.85. The van der Waals surface area contributed by atoms with Gasteiger partial charge in [0.15, 0.2) is 0 Å². The minimum Gasteiger partial charge on any atom is -0.329 e. The second-order valence-electron chi connectivity index (χ2n) is 5.82. The number of hydrogen-bond donors (Lipinski definition) is 1. The molecule has 0 saturated carbocycles. The van der Waals surface area contributed by atoms with Gasteiger partial charge in [0.1, 0.15) is 0 Å². The Morgan fingerprint density at radius 3 is 2.75 bits per heavy atom. The molecule has 4 nitrogen and oxygen atoms in total. The highest BCUT2D eigenvalue weighted by atomic mass is 15.2. The Hall–Kier alpha value is -1.65. The molecule has 1 aliphatic rings. The zero-order valence-corrected chi connectivity index (χ0v) is 12.4. The van der Waals surface area contributed by atoms with Crippen molar-refractivity contribution in [1.82, 2.24) is 14.7 Å². The van der Waals surface area contributed by atoms with Crippen LogP contribution in [0.4, 0.5) is 0 Å². The summed E-state index contributed by atoms with van der Waals surface area (Å²) in [6.45, 7) is 3.80. The molecule has 0 spiro atoms. The van der Waals surface area contributed by atoms with E-state index in [4.69, 9.17) is 5.73 Å². The molecule has 106 valence electrons. The van der Waals surface area contributed by atoms with Gasteiger partial charge in [-0.25, -0.2) is 0 Å². The van der Waals surface area contributed by atoms with Gasteiger partial charge >= 0.3 is 0 Å². The number of nitrogens with zero attached hydrogens (tertiary/aromatic N) is 3. The highest BCUT2D eigenvalue weighted by Crippen LogP contribution is 2.38. The van der Waals surface area contributed by atoms with Gasteiger partial charge in [-0.05, 0) is 30.7 Å². The van der Waals surface area contributed by atoms with Crippen LogP contribution in [0.1, 0.15) is 34.2 Å². The molecular formula is C16H22N4. The van der Waals surface area contributed by atoms with E-state index in [0.717, 1.165) is 6.54 Å². The molecule has 2 atom stereocenters. The SMILES string of the molecule is Cc1ccc2c(c1)C(c1cnn(C)c1)CN(C)C2CN. The number of rotatable bonds is 2. The Morgan fingerprint density at radius 1 is 1.30 bits per heavy atom. The predicted molar refractivity (Wildman–Crippen MR) is 80.7 cm³/mol. The zero-order chi connectivity index (χ0) is 14.3. The van der Waals surface area contributed by atoms with E-state index in [2.05, 4.69) is 48.4 Å². The Labute approximate surface area is 120 Å². The lowest BCUT2D eigenvalue weighted by Crippen LogP contribution is -2.39. The summed E-state index contributed by atoms with van der Waals surface area (Å²) in [6, 6.07) is 7.05. The number of hydrogen-bond acceptors (Lipinski definition) is 3. The van der Waals surface area contributed by atoms with E-state index < -0.39 is 0 Å². The molecule has 3 rings (SSSR count). The number of aryl methyl sites for hydroxylation is 2. The Bertz CT molecular complexity index is 617. The van der Waals surface area contributed by atoms with E-state index in [0.29, 0.717) is 18.5 Å². The second kappa shape index (κ2) is 5.04. The van der Waals surface area contributed by atoms with Crippen molar-refractivity contribution in [1.29, 1.82) is 0 Å². The fraction of sp³-hybridized carbons (Fsp3) is 0.438. The van der Waals surface area contributed by atoms with Gasteiger partial charge in [-0.15, -0.1) is 0 Å². The molecule has 4 heteroatoms.